The Kier molecular flexibility index (Phi) is 6.07. The maximum atomic E-state index is 12.3. The van der Waals surface area contributed by atoms with E-state index in [9.17, 15) is 13.5 Å². The summed E-state index contributed by atoms with van der Waals surface area (Å²) in [6.45, 7) is 1.91. The topological polar surface area (TPSA) is 91.3 Å². The van der Waals surface area contributed by atoms with Crippen LogP contribution in [0.5, 0.6) is 5.75 Å². The SMILES string of the molecule is COC1(OC)c2cc(CCOS(=O)(=O)c3ccc(C)cc3)ccc2OCC1O. The first-order valence-electron chi connectivity index (χ1n) is 8.83. The van der Waals surface area contributed by atoms with Crippen LogP contribution < -0.4 is 4.74 Å². The largest absolute Gasteiger partial charge is 0.490 e. The second-order valence-electron chi connectivity index (χ2n) is 6.57. The van der Waals surface area contributed by atoms with E-state index in [2.05, 4.69) is 0 Å². The fraction of sp³-hybridized carbons (Fsp3) is 0.400. The fourth-order valence-corrected chi connectivity index (χ4v) is 4.11. The first-order valence-corrected chi connectivity index (χ1v) is 10.2. The van der Waals surface area contributed by atoms with Crippen molar-refractivity contribution in [2.45, 2.75) is 30.1 Å². The van der Waals surface area contributed by atoms with Crippen LogP contribution in [-0.4, -0.2) is 47.1 Å². The smallest absolute Gasteiger partial charge is 0.296 e. The Balaban J connectivity index is 1.74. The molecule has 1 atom stereocenters. The average molecular weight is 408 g/mol. The second kappa shape index (κ2) is 8.18. The summed E-state index contributed by atoms with van der Waals surface area (Å²) >= 11 is 0. The van der Waals surface area contributed by atoms with Gasteiger partial charge in [0.15, 0.2) is 0 Å². The average Bonchev–Trinajstić information content (AvgIpc) is 2.68. The highest BCUT2D eigenvalue weighted by Gasteiger charge is 2.46. The van der Waals surface area contributed by atoms with Crippen molar-refractivity contribution in [1.82, 2.24) is 0 Å². The third kappa shape index (κ3) is 3.92. The number of aliphatic hydroxyl groups is 1. The lowest BCUT2D eigenvalue weighted by molar-refractivity contribution is -0.281. The highest BCUT2D eigenvalue weighted by atomic mass is 32.2. The summed E-state index contributed by atoms with van der Waals surface area (Å²) in [6, 6.07) is 11.8. The number of hydrogen-bond donors (Lipinski definition) is 1. The molecule has 1 aliphatic heterocycles. The minimum atomic E-state index is -3.82. The molecule has 1 N–H and O–H groups in total. The van der Waals surface area contributed by atoms with Gasteiger partial charge in [0.1, 0.15) is 18.5 Å². The van der Waals surface area contributed by atoms with Gasteiger partial charge in [0.25, 0.3) is 10.1 Å². The Bertz CT molecular complexity index is 918. The first kappa shape index (κ1) is 20.8. The summed E-state index contributed by atoms with van der Waals surface area (Å²) in [6.07, 6.45) is -0.652. The number of benzene rings is 2. The standard InChI is InChI=1S/C20H24O7S/c1-14-4-7-16(8-5-14)28(22,23)27-11-10-15-6-9-18-17(12-15)20(24-2,25-3)19(21)13-26-18/h4-9,12,19,21H,10-11,13H2,1-3H3. The summed E-state index contributed by atoms with van der Waals surface area (Å²) in [5.41, 5.74) is 2.32. The van der Waals surface area contributed by atoms with Crippen LogP contribution in [0, 0.1) is 6.92 Å². The van der Waals surface area contributed by atoms with E-state index >= 15 is 0 Å². The van der Waals surface area contributed by atoms with Gasteiger partial charge >= 0.3 is 0 Å². The van der Waals surface area contributed by atoms with Gasteiger partial charge in [0.2, 0.25) is 5.79 Å². The lowest BCUT2D eigenvalue weighted by atomic mass is 9.94. The van der Waals surface area contributed by atoms with E-state index in [1.54, 1.807) is 24.3 Å². The number of fused-ring (bicyclic) bond motifs is 1. The van der Waals surface area contributed by atoms with E-state index in [1.165, 1.54) is 26.4 Å². The Morgan fingerprint density at radius 2 is 1.82 bits per heavy atom. The second-order valence-corrected chi connectivity index (χ2v) is 8.19. The van der Waals surface area contributed by atoms with Crippen LogP contribution in [0.15, 0.2) is 47.4 Å². The van der Waals surface area contributed by atoms with Crippen LogP contribution in [0.25, 0.3) is 0 Å². The fourth-order valence-electron chi connectivity index (χ4n) is 3.21. The zero-order valence-electron chi connectivity index (χ0n) is 16.0. The van der Waals surface area contributed by atoms with Crippen LogP contribution in [0.1, 0.15) is 16.7 Å². The van der Waals surface area contributed by atoms with Gasteiger partial charge in [-0.1, -0.05) is 23.8 Å². The Labute approximate surface area is 164 Å². The molecule has 152 valence electrons. The number of methoxy groups -OCH3 is 2. The van der Waals surface area contributed by atoms with Crippen LogP contribution in [0.3, 0.4) is 0 Å². The lowest BCUT2D eigenvalue weighted by Crippen LogP contribution is -2.49. The monoisotopic (exact) mass is 408 g/mol. The predicted molar refractivity (Wildman–Crippen MR) is 102 cm³/mol. The van der Waals surface area contributed by atoms with Crippen molar-refractivity contribution in [3.8, 4) is 5.75 Å². The maximum Gasteiger partial charge on any atom is 0.296 e. The van der Waals surface area contributed by atoms with Crippen molar-refractivity contribution in [3.63, 3.8) is 0 Å². The Morgan fingerprint density at radius 1 is 1.14 bits per heavy atom. The van der Waals surface area contributed by atoms with Crippen LogP contribution in [0.4, 0.5) is 0 Å². The number of rotatable bonds is 7. The first-order chi connectivity index (χ1) is 13.3. The molecule has 1 heterocycles. The van der Waals surface area contributed by atoms with Gasteiger partial charge in [0, 0.05) is 14.2 Å². The Hall–Kier alpha value is -1.97. The molecule has 2 aromatic carbocycles. The molecule has 8 heteroatoms. The molecule has 0 saturated heterocycles. The minimum Gasteiger partial charge on any atom is -0.490 e. The molecule has 1 aliphatic rings. The van der Waals surface area contributed by atoms with E-state index in [0.717, 1.165) is 11.1 Å². The summed E-state index contributed by atoms with van der Waals surface area (Å²) in [5, 5.41) is 10.3. The molecule has 0 aliphatic carbocycles. The van der Waals surface area contributed by atoms with Gasteiger partial charge in [-0.15, -0.1) is 0 Å². The Morgan fingerprint density at radius 3 is 2.46 bits per heavy atom. The zero-order valence-corrected chi connectivity index (χ0v) is 16.9. The zero-order chi connectivity index (χ0) is 20.4. The third-order valence-corrected chi connectivity index (χ3v) is 6.13. The highest BCUT2D eigenvalue weighted by Crippen LogP contribution is 2.40. The molecule has 0 fully saturated rings. The molecule has 2 aromatic rings. The van der Waals surface area contributed by atoms with E-state index < -0.39 is 22.0 Å². The van der Waals surface area contributed by atoms with Gasteiger partial charge in [-0.05, 0) is 43.2 Å². The van der Waals surface area contributed by atoms with Crippen molar-refractivity contribution in [1.29, 1.82) is 0 Å². The van der Waals surface area contributed by atoms with Crippen molar-refractivity contribution >= 4 is 10.1 Å². The van der Waals surface area contributed by atoms with Crippen LogP contribution in [0.2, 0.25) is 0 Å². The van der Waals surface area contributed by atoms with Gasteiger partial charge in [0.05, 0.1) is 17.1 Å². The van der Waals surface area contributed by atoms with Crippen LogP contribution >= 0.6 is 0 Å². The summed E-state index contributed by atoms with van der Waals surface area (Å²) < 4.78 is 46.2. The molecule has 0 radical (unpaired) electrons. The molecule has 0 spiro atoms. The number of ether oxygens (including phenoxy) is 3. The molecular weight excluding hydrogens is 384 g/mol. The molecule has 3 rings (SSSR count). The number of aryl methyl sites for hydroxylation is 1. The summed E-state index contributed by atoms with van der Waals surface area (Å²) in [5.74, 6) is -0.788. The number of aliphatic hydroxyl groups excluding tert-OH is 1. The highest BCUT2D eigenvalue weighted by molar-refractivity contribution is 7.86. The van der Waals surface area contributed by atoms with Crippen LogP contribution in [-0.2, 0) is 36.0 Å². The molecule has 7 nitrogen and oxygen atoms in total. The van der Waals surface area contributed by atoms with E-state index in [-0.39, 0.29) is 18.1 Å². The summed E-state index contributed by atoms with van der Waals surface area (Å²) in [7, 11) is -0.919. The molecule has 1 unspecified atom stereocenters. The van der Waals surface area contributed by atoms with E-state index in [1.807, 2.05) is 13.0 Å². The van der Waals surface area contributed by atoms with Gasteiger partial charge < -0.3 is 19.3 Å². The molecular formula is C20H24O7S. The molecule has 0 amide bonds. The van der Waals surface area contributed by atoms with Crippen molar-refractivity contribution < 1.29 is 31.9 Å². The van der Waals surface area contributed by atoms with Gasteiger partial charge in [-0.3, -0.25) is 4.18 Å². The normalized spacial score (nSPS) is 18.4. The number of hydrogen-bond acceptors (Lipinski definition) is 7. The van der Waals surface area contributed by atoms with Gasteiger partial charge in [-0.2, -0.15) is 8.42 Å². The third-order valence-electron chi connectivity index (χ3n) is 4.80. The van der Waals surface area contributed by atoms with Crippen molar-refractivity contribution in [3.05, 3.63) is 59.2 Å². The van der Waals surface area contributed by atoms with Crippen molar-refractivity contribution in [2.75, 3.05) is 27.4 Å². The molecule has 0 aromatic heterocycles. The molecule has 0 saturated carbocycles. The van der Waals surface area contributed by atoms with Crippen molar-refractivity contribution in [2.24, 2.45) is 0 Å². The van der Waals surface area contributed by atoms with E-state index in [4.69, 9.17) is 18.4 Å². The van der Waals surface area contributed by atoms with Gasteiger partial charge in [-0.25, -0.2) is 0 Å². The quantitative estimate of drug-likeness (QED) is 0.554. The molecule has 0 bridgehead atoms. The maximum absolute atomic E-state index is 12.3. The summed E-state index contributed by atoms with van der Waals surface area (Å²) in [4.78, 5) is 0.123. The molecule has 28 heavy (non-hydrogen) atoms. The lowest BCUT2D eigenvalue weighted by Gasteiger charge is -2.40. The predicted octanol–water partition coefficient (Wildman–Crippen LogP) is 2.14. The minimum absolute atomic E-state index is 0.0224. The van der Waals surface area contributed by atoms with E-state index in [0.29, 0.717) is 17.7 Å².